The molecule has 1 fully saturated rings. The maximum absolute atomic E-state index is 14.0. The van der Waals surface area contributed by atoms with E-state index in [1.807, 2.05) is 68.4 Å². The summed E-state index contributed by atoms with van der Waals surface area (Å²) in [5.41, 5.74) is 1.11. The van der Waals surface area contributed by atoms with E-state index in [0.29, 0.717) is 17.1 Å². The van der Waals surface area contributed by atoms with Gasteiger partial charge in [0.15, 0.2) is 5.82 Å². The van der Waals surface area contributed by atoms with E-state index < -0.39 is 27.9 Å². The van der Waals surface area contributed by atoms with E-state index in [4.69, 9.17) is 4.74 Å². The largest absolute Gasteiger partial charge is 0.465 e. The Morgan fingerprint density at radius 1 is 0.927 bits per heavy atom. The summed E-state index contributed by atoms with van der Waals surface area (Å²) in [5.74, 6) is -1.02. The van der Waals surface area contributed by atoms with Crippen LogP contribution in [0, 0.1) is 0 Å². The van der Waals surface area contributed by atoms with Gasteiger partial charge in [-0.15, -0.1) is 0 Å². The van der Waals surface area contributed by atoms with Crippen LogP contribution in [0.3, 0.4) is 0 Å². The number of carbonyl (C=O) groups is 2. The lowest BCUT2D eigenvalue weighted by Crippen LogP contribution is -2.55. The number of benzene rings is 3. The minimum atomic E-state index is -3.81. The number of hydrogen-bond acceptors (Lipinski definition) is 7. The highest BCUT2D eigenvalue weighted by molar-refractivity contribution is 7.89. The van der Waals surface area contributed by atoms with Crippen LogP contribution in [0.2, 0.25) is 0 Å². The van der Waals surface area contributed by atoms with Gasteiger partial charge in [-0.25, -0.2) is 23.2 Å². The number of fused-ring (bicyclic) bond motifs is 1. The standard InChI is InChI=1S/C31H32N4O5S/c1-20(2)27-26(31(37)40-4)28(33-29(32-27)23-11-6-5-7-12-23)30(36)34-16-17-35(21(3)19-34)41(38,39)25-15-14-22-10-8-9-13-24(22)18-25/h5-15,18,20-21H,16-17,19H2,1-4H3. The first-order valence-electron chi connectivity index (χ1n) is 13.5. The average Bonchev–Trinajstić information content (AvgIpc) is 2.99. The molecule has 3 aromatic carbocycles. The molecule has 1 aromatic heterocycles. The fourth-order valence-electron chi connectivity index (χ4n) is 5.17. The third-order valence-corrected chi connectivity index (χ3v) is 9.30. The van der Waals surface area contributed by atoms with Crippen LogP contribution in [0.15, 0.2) is 77.7 Å². The number of sulfonamides is 1. The molecule has 0 saturated carbocycles. The molecule has 0 spiro atoms. The van der Waals surface area contributed by atoms with Crippen molar-refractivity contribution in [3.63, 3.8) is 0 Å². The van der Waals surface area contributed by atoms with E-state index in [9.17, 15) is 18.0 Å². The molecule has 0 radical (unpaired) electrons. The molecule has 1 aliphatic rings. The number of amides is 1. The smallest absolute Gasteiger partial charge is 0.342 e. The first-order valence-corrected chi connectivity index (χ1v) is 14.9. The van der Waals surface area contributed by atoms with Crippen molar-refractivity contribution in [2.24, 2.45) is 0 Å². The number of rotatable bonds is 6. The molecular weight excluding hydrogens is 540 g/mol. The lowest BCUT2D eigenvalue weighted by Gasteiger charge is -2.39. The normalized spacial score (nSPS) is 16.2. The van der Waals surface area contributed by atoms with Crippen LogP contribution in [0.4, 0.5) is 0 Å². The van der Waals surface area contributed by atoms with E-state index in [0.717, 1.165) is 10.8 Å². The number of nitrogens with zero attached hydrogens (tertiary/aromatic N) is 4. The molecule has 1 amide bonds. The first kappa shape index (κ1) is 28.4. The van der Waals surface area contributed by atoms with E-state index in [2.05, 4.69) is 9.97 Å². The minimum Gasteiger partial charge on any atom is -0.465 e. The number of aromatic nitrogens is 2. The Balaban J connectivity index is 1.47. The molecule has 1 unspecified atom stereocenters. The lowest BCUT2D eigenvalue weighted by atomic mass is 10.0. The molecule has 2 heterocycles. The summed E-state index contributed by atoms with van der Waals surface area (Å²) in [6, 6.07) is 21.4. The highest BCUT2D eigenvalue weighted by atomic mass is 32.2. The van der Waals surface area contributed by atoms with Crippen molar-refractivity contribution in [2.45, 2.75) is 37.6 Å². The number of piperazine rings is 1. The average molecular weight is 573 g/mol. The second-order valence-corrected chi connectivity index (χ2v) is 12.3. The number of ether oxygens (including phenoxy) is 1. The molecule has 1 atom stereocenters. The molecule has 5 rings (SSSR count). The summed E-state index contributed by atoms with van der Waals surface area (Å²) in [6.07, 6.45) is 0. The Labute approximate surface area is 239 Å². The van der Waals surface area contributed by atoms with Crippen LogP contribution in [0.5, 0.6) is 0 Å². The van der Waals surface area contributed by atoms with Gasteiger partial charge in [0.2, 0.25) is 10.0 Å². The monoisotopic (exact) mass is 572 g/mol. The number of methoxy groups -OCH3 is 1. The van der Waals surface area contributed by atoms with Crippen molar-refractivity contribution in [2.75, 3.05) is 26.7 Å². The van der Waals surface area contributed by atoms with Crippen molar-refractivity contribution in [1.29, 1.82) is 0 Å². The Bertz CT molecular complexity index is 1720. The summed E-state index contributed by atoms with van der Waals surface area (Å²) < 4.78 is 33.7. The Hall–Kier alpha value is -4.15. The second kappa shape index (κ2) is 11.4. The number of esters is 1. The predicted octanol–water partition coefficient (Wildman–Crippen LogP) is 4.74. The predicted molar refractivity (Wildman–Crippen MR) is 156 cm³/mol. The number of carbonyl (C=O) groups excluding carboxylic acids is 2. The van der Waals surface area contributed by atoms with E-state index in [1.54, 1.807) is 30.0 Å². The SMILES string of the molecule is COC(=O)c1c(C(=O)N2CCN(S(=O)(=O)c3ccc4ccccc4c3)C(C)C2)nc(-c2ccccc2)nc1C(C)C. The summed E-state index contributed by atoms with van der Waals surface area (Å²) >= 11 is 0. The van der Waals surface area contributed by atoms with E-state index in [1.165, 1.54) is 11.4 Å². The van der Waals surface area contributed by atoms with Crippen LogP contribution in [0.1, 0.15) is 53.2 Å². The van der Waals surface area contributed by atoms with Crippen molar-refractivity contribution in [1.82, 2.24) is 19.2 Å². The van der Waals surface area contributed by atoms with Gasteiger partial charge in [0.25, 0.3) is 5.91 Å². The van der Waals surface area contributed by atoms with Gasteiger partial charge in [-0.3, -0.25) is 4.79 Å². The summed E-state index contributed by atoms with van der Waals surface area (Å²) in [7, 11) is -2.55. The Kier molecular flexibility index (Phi) is 7.88. The van der Waals surface area contributed by atoms with Crippen molar-refractivity contribution in [3.8, 4) is 11.4 Å². The van der Waals surface area contributed by atoms with Gasteiger partial charge in [-0.05, 0) is 35.7 Å². The molecule has 1 saturated heterocycles. The van der Waals surface area contributed by atoms with Crippen molar-refractivity contribution in [3.05, 3.63) is 89.7 Å². The maximum Gasteiger partial charge on any atom is 0.342 e. The zero-order valence-corrected chi connectivity index (χ0v) is 24.3. The van der Waals surface area contributed by atoms with Crippen LogP contribution in [0.25, 0.3) is 22.2 Å². The Morgan fingerprint density at radius 3 is 2.27 bits per heavy atom. The molecule has 0 bridgehead atoms. The van der Waals surface area contributed by atoms with Crippen LogP contribution >= 0.6 is 0 Å². The quantitative estimate of drug-likeness (QED) is 0.307. The van der Waals surface area contributed by atoms with Gasteiger partial charge in [-0.1, -0.05) is 74.5 Å². The zero-order valence-electron chi connectivity index (χ0n) is 23.4. The van der Waals surface area contributed by atoms with Crippen LogP contribution in [-0.2, 0) is 14.8 Å². The fourth-order valence-corrected chi connectivity index (χ4v) is 6.81. The first-order chi connectivity index (χ1) is 19.6. The molecule has 4 aromatic rings. The van der Waals surface area contributed by atoms with Crippen molar-refractivity contribution >= 4 is 32.7 Å². The molecular formula is C31H32N4O5S. The third kappa shape index (κ3) is 5.45. The summed E-state index contributed by atoms with van der Waals surface area (Å²) in [5, 5.41) is 1.79. The Morgan fingerprint density at radius 2 is 1.61 bits per heavy atom. The van der Waals surface area contributed by atoms with Gasteiger partial charge in [-0.2, -0.15) is 4.31 Å². The van der Waals surface area contributed by atoms with Gasteiger partial charge in [0.1, 0.15) is 11.3 Å². The van der Waals surface area contributed by atoms with E-state index in [-0.39, 0.29) is 41.7 Å². The summed E-state index contributed by atoms with van der Waals surface area (Å²) in [6.45, 7) is 5.91. The van der Waals surface area contributed by atoms with Crippen molar-refractivity contribution < 1.29 is 22.7 Å². The van der Waals surface area contributed by atoms with Gasteiger partial charge < -0.3 is 9.64 Å². The van der Waals surface area contributed by atoms with Gasteiger partial charge in [0, 0.05) is 31.2 Å². The number of hydrogen-bond donors (Lipinski definition) is 0. The molecule has 9 nitrogen and oxygen atoms in total. The molecule has 10 heteroatoms. The highest BCUT2D eigenvalue weighted by Crippen LogP contribution is 2.29. The third-order valence-electron chi connectivity index (χ3n) is 7.29. The fraction of sp³-hybridized carbons (Fsp3) is 0.290. The summed E-state index contributed by atoms with van der Waals surface area (Å²) in [4.78, 5) is 37.9. The molecule has 0 aliphatic carbocycles. The zero-order chi connectivity index (χ0) is 29.3. The van der Waals surface area contributed by atoms with Gasteiger partial charge >= 0.3 is 5.97 Å². The maximum atomic E-state index is 14.0. The molecule has 212 valence electrons. The minimum absolute atomic E-state index is 0.0334. The van der Waals surface area contributed by atoms with Crippen LogP contribution < -0.4 is 0 Å². The molecule has 1 aliphatic heterocycles. The van der Waals surface area contributed by atoms with Crippen LogP contribution in [-0.4, -0.2) is 72.3 Å². The highest BCUT2D eigenvalue weighted by Gasteiger charge is 2.38. The molecule has 0 N–H and O–H groups in total. The lowest BCUT2D eigenvalue weighted by molar-refractivity contribution is 0.0569. The molecule has 41 heavy (non-hydrogen) atoms. The van der Waals surface area contributed by atoms with Gasteiger partial charge in [0.05, 0.1) is 17.7 Å². The second-order valence-electron chi connectivity index (χ2n) is 10.4. The topological polar surface area (TPSA) is 110 Å². The van der Waals surface area contributed by atoms with E-state index >= 15 is 0 Å².